The Kier molecular flexibility index (Phi) is 1.62. The van der Waals surface area contributed by atoms with Crippen LogP contribution in [0.3, 0.4) is 0 Å². The van der Waals surface area contributed by atoms with Gasteiger partial charge in [-0.05, 0) is 13.1 Å². The first-order valence-corrected chi connectivity index (χ1v) is 3.05. The fourth-order valence-corrected chi connectivity index (χ4v) is 0.907. The smallest absolute Gasteiger partial charge is 0.0966 e. The van der Waals surface area contributed by atoms with Crippen molar-refractivity contribution in [2.45, 2.75) is 0 Å². The summed E-state index contributed by atoms with van der Waals surface area (Å²) in [5.74, 6) is 0.883. The molecule has 0 spiro atoms. The minimum Gasteiger partial charge on any atom is -0.386 e. The number of rotatable bonds is 0. The second kappa shape index (κ2) is 2.27. The first-order chi connectivity index (χ1) is 4.20. The highest BCUT2D eigenvalue weighted by Gasteiger charge is 2.08. The van der Waals surface area contributed by atoms with Crippen molar-refractivity contribution in [3.8, 4) is 0 Å². The molecule has 3 nitrogen and oxygen atoms in total. The minimum absolute atomic E-state index is 0.883. The lowest BCUT2D eigenvalue weighted by Crippen LogP contribution is -2.39. The summed E-state index contributed by atoms with van der Waals surface area (Å²) in [6.07, 6.45) is 2.02. The average Bonchev–Trinajstić information content (AvgIpc) is 1.80. The lowest BCUT2D eigenvalue weighted by atomic mass is 10.4. The zero-order valence-corrected chi connectivity index (χ0v) is 5.96. The second-order valence-electron chi connectivity index (χ2n) is 2.51. The maximum Gasteiger partial charge on any atom is 0.0966 e. The minimum atomic E-state index is 0.883. The molecule has 0 unspecified atom stereocenters. The molecule has 0 saturated carbocycles. The van der Waals surface area contributed by atoms with E-state index in [1.807, 2.05) is 18.0 Å². The molecule has 0 aromatic heterocycles. The van der Waals surface area contributed by atoms with Crippen LogP contribution in [-0.2, 0) is 0 Å². The van der Waals surface area contributed by atoms with Crippen LogP contribution >= 0.6 is 0 Å². The molecule has 9 heavy (non-hydrogen) atoms. The molecule has 0 radical (unpaired) electrons. The summed E-state index contributed by atoms with van der Waals surface area (Å²) in [7, 11) is 4.06. The summed E-state index contributed by atoms with van der Waals surface area (Å²) in [6, 6.07) is 0. The zero-order chi connectivity index (χ0) is 6.85. The highest BCUT2D eigenvalue weighted by molar-refractivity contribution is 4.99. The van der Waals surface area contributed by atoms with E-state index in [-0.39, 0.29) is 0 Å². The summed E-state index contributed by atoms with van der Waals surface area (Å²) >= 11 is 0. The van der Waals surface area contributed by atoms with E-state index in [1.54, 1.807) is 0 Å². The van der Waals surface area contributed by atoms with Crippen LogP contribution in [0.25, 0.3) is 0 Å². The molecule has 1 aliphatic rings. The molecule has 1 rings (SSSR count). The molecule has 0 aromatic carbocycles. The summed E-state index contributed by atoms with van der Waals surface area (Å²) in [5.41, 5.74) is 5.60. The molecule has 52 valence electrons. The largest absolute Gasteiger partial charge is 0.386 e. The van der Waals surface area contributed by atoms with Gasteiger partial charge >= 0.3 is 0 Å². The maximum absolute atomic E-state index is 5.60. The molecule has 0 aliphatic carbocycles. The van der Waals surface area contributed by atoms with Crippen LogP contribution in [-0.4, -0.2) is 37.1 Å². The second-order valence-corrected chi connectivity index (χ2v) is 2.51. The van der Waals surface area contributed by atoms with Crippen molar-refractivity contribution in [1.29, 1.82) is 0 Å². The lowest BCUT2D eigenvalue weighted by molar-refractivity contribution is 0.210. The van der Waals surface area contributed by atoms with Crippen LogP contribution in [0.1, 0.15) is 0 Å². The van der Waals surface area contributed by atoms with Gasteiger partial charge in [-0.25, -0.2) is 0 Å². The molecule has 0 bridgehead atoms. The number of nitrogens with two attached hydrogens (primary N) is 1. The Morgan fingerprint density at radius 3 is 2.67 bits per heavy atom. The quantitative estimate of drug-likeness (QED) is 0.481. The Labute approximate surface area is 55.7 Å². The van der Waals surface area contributed by atoms with Crippen LogP contribution in [0.2, 0.25) is 0 Å². The van der Waals surface area contributed by atoms with Gasteiger partial charge < -0.3 is 10.6 Å². The summed E-state index contributed by atoms with van der Waals surface area (Å²) in [4.78, 5) is 4.21. The number of likely N-dealkylation sites (N-methyl/N-ethyl adjacent to an activating group) is 1. The molecule has 3 heteroatoms. The molecule has 0 aromatic rings. The fraction of sp³-hybridized carbons (Fsp3) is 0.667. The van der Waals surface area contributed by atoms with Crippen LogP contribution in [0, 0.1) is 0 Å². The van der Waals surface area contributed by atoms with Gasteiger partial charge in [0.05, 0.1) is 12.5 Å². The van der Waals surface area contributed by atoms with Crippen molar-refractivity contribution in [3.05, 3.63) is 11.9 Å². The first kappa shape index (κ1) is 6.42. The number of nitrogens with zero attached hydrogens (tertiary/aromatic N) is 2. The SMILES string of the molecule is CN1CC=C(N)N(C)C1. The first-order valence-electron chi connectivity index (χ1n) is 3.05. The van der Waals surface area contributed by atoms with Gasteiger partial charge in [-0.3, -0.25) is 4.90 Å². The Morgan fingerprint density at radius 2 is 2.22 bits per heavy atom. The summed E-state index contributed by atoms with van der Waals surface area (Å²) in [5, 5.41) is 0. The maximum atomic E-state index is 5.60. The van der Waals surface area contributed by atoms with Crippen molar-refractivity contribution < 1.29 is 0 Å². The topological polar surface area (TPSA) is 32.5 Å². The molecule has 1 heterocycles. The highest BCUT2D eigenvalue weighted by Crippen LogP contribution is 2.01. The van der Waals surface area contributed by atoms with Crippen LogP contribution < -0.4 is 5.73 Å². The van der Waals surface area contributed by atoms with Crippen molar-refractivity contribution in [1.82, 2.24) is 9.80 Å². The summed E-state index contributed by atoms with van der Waals surface area (Å²) in [6.45, 7) is 1.90. The predicted octanol–water partition coefficient (Wildman–Crippen LogP) is -0.379. The van der Waals surface area contributed by atoms with E-state index in [1.165, 1.54) is 0 Å². The molecule has 0 fully saturated rings. The van der Waals surface area contributed by atoms with Crippen LogP contribution in [0.4, 0.5) is 0 Å². The number of hydrogen-bond donors (Lipinski definition) is 1. The molecular weight excluding hydrogens is 114 g/mol. The molecule has 0 saturated heterocycles. The summed E-state index contributed by atoms with van der Waals surface area (Å²) < 4.78 is 0. The Balaban J connectivity index is 2.56. The lowest BCUT2D eigenvalue weighted by Gasteiger charge is -2.29. The van der Waals surface area contributed by atoms with Crippen molar-refractivity contribution in [3.63, 3.8) is 0 Å². The van der Waals surface area contributed by atoms with Gasteiger partial charge in [0, 0.05) is 13.6 Å². The van der Waals surface area contributed by atoms with Gasteiger partial charge in [0.2, 0.25) is 0 Å². The fourth-order valence-electron chi connectivity index (χ4n) is 0.907. The molecular formula is C6H13N3. The van der Waals surface area contributed by atoms with Crippen molar-refractivity contribution in [2.75, 3.05) is 27.3 Å². The third-order valence-electron chi connectivity index (χ3n) is 1.51. The Hall–Kier alpha value is -0.700. The van der Waals surface area contributed by atoms with Gasteiger partial charge in [-0.15, -0.1) is 0 Å². The van der Waals surface area contributed by atoms with E-state index in [0.29, 0.717) is 0 Å². The van der Waals surface area contributed by atoms with Gasteiger partial charge in [0.1, 0.15) is 0 Å². The standard InChI is InChI=1S/C6H13N3/c1-8-4-3-6(7)9(2)5-8/h3H,4-5,7H2,1-2H3. The predicted molar refractivity (Wildman–Crippen MR) is 37.5 cm³/mol. The van der Waals surface area contributed by atoms with Gasteiger partial charge in [0.15, 0.2) is 0 Å². The molecule has 1 aliphatic heterocycles. The highest BCUT2D eigenvalue weighted by atomic mass is 15.3. The van der Waals surface area contributed by atoms with Crippen LogP contribution in [0.15, 0.2) is 11.9 Å². The monoisotopic (exact) mass is 127 g/mol. The van der Waals surface area contributed by atoms with E-state index in [9.17, 15) is 0 Å². The van der Waals surface area contributed by atoms with Gasteiger partial charge in [-0.2, -0.15) is 0 Å². The number of hydrogen-bond acceptors (Lipinski definition) is 3. The Bertz CT molecular complexity index is 130. The zero-order valence-electron chi connectivity index (χ0n) is 5.96. The average molecular weight is 127 g/mol. The van der Waals surface area contributed by atoms with E-state index < -0.39 is 0 Å². The van der Waals surface area contributed by atoms with E-state index in [0.717, 1.165) is 19.0 Å². The van der Waals surface area contributed by atoms with Crippen molar-refractivity contribution in [2.24, 2.45) is 5.73 Å². The van der Waals surface area contributed by atoms with E-state index in [2.05, 4.69) is 11.9 Å². The van der Waals surface area contributed by atoms with Gasteiger partial charge in [0.25, 0.3) is 0 Å². The van der Waals surface area contributed by atoms with Crippen molar-refractivity contribution >= 4 is 0 Å². The normalized spacial score (nSPS) is 22.0. The Morgan fingerprint density at radius 1 is 1.56 bits per heavy atom. The van der Waals surface area contributed by atoms with Crippen LogP contribution in [0.5, 0.6) is 0 Å². The van der Waals surface area contributed by atoms with E-state index >= 15 is 0 Å². The van der Waals surface area contributed by atoms with E-state index in [4.69, 9.17) is 5.73 Å². The molecule has 0 atom stereocenters. The third-order valence-corrected chi connectivity index (χ3v) is 1.51. The molecule has 0 amide bonds. The molecule has 2 N–H and O–H groups in total. The van der Waals surface area contributed by atoms with Gasteiger partial charge in [-0.1, -0.05) is 0 Å². The third kappa shape index (κ3) is 1.36.